The summed E-state index contributed by atoms with van der Waals surface area (Å²) in [5.74, 6) is 1.51. The third-order valence-electron chi connectivity index (χ3n) is 10.2. The minimum Gasteiger partial charge on any atom is -0.332 e. The van der Waals surface area contributed by atoms with E-state index in [0.29, 0.717) is 5.95 Å². The predicted octanol–water partition coefficient (Wildman–Crippen LogP) is 11.7. The van der Waals surface area contributed by atoms with Crippen LogP contribution in [0.25, 0.3) is 70.0 Å². The molecule has 1 unspecified atom stereocenters. The van der Waals surface area contributed by atoms with Gasteiger partial charge in [-0.3, -0.25) is 4.57 Å². The summed E-state index contributed by atoms with van der Waals surface area (Å²) in [5.41, 5.74) is 7.03. The van der Waals surface area contributed by atoms with E-state index in [-0.39, 0.29) is 0 Å². The van der Waals surface area contributed by atoms with Crippen LogP contribution in [0.5, 0.6) is 0 Å². The second-order valence-corrected chi connectivity index (χ2v) is 14.4. The van der Waals surface area contributed by atoms with Crippen LogP contribution in [0, 0.1) is 0 Å². The van der Waals surface area contributed by atoms with E-state index in [4.69, 9.17) is 15.0 Å². The molecular formula is C46H30N6S. The van der Waals surface area contributed by atoms with Gasteiger partial charge in [-0.05, 0) is 57.9 Å². The van der Waals surface area contributed by atoms with Gasteiger partial charge >= 0.3 is 0 Å². The van der Waals surface area contributed by atoms with Crippen molar-refractivity contribution in [1.29, 1.82) is 0 Å². The van der Waals surface area contributed by atoms with Crippen molar-refractivity contribution < 1.29 is 0 Å². The Bertz CT molecular complexity index is 2990. The summed E-state index contributed by atoms with van der Waals surface area (Å²) in [4.78, 5) is 18.3. The molecule has 0 fully saturated rings. The molecule has 7 aromatic carbocycles. The van der Waals surface area contributed by atoms with Crippen LogP contribution in [0.15, 0.2) is 169 Å². The number of rotatable bonds is 5. The van der Waals surface area contributed by atoms with E-state index < -0.39 is 6.29 Å². The highest BCUT2D eigenvalue weighted by Gasteiger charge is 2.30. The lowest BCUT2D eigenvalue weighted by Crippen LogP contribution is -2.39. The molecular weight excluding hydrogens is 669 g/mol. The molecule has 7 heteroatoms. The summed E-state index contributed by atoms with van der Waals surface area (Å²) >= 11 is 1.74. The zero-order chi connectivity index (χ0) is 34.9. The van der Waals surface area contributed by atoms with Gasteiger partial charge in [0, 0.05) is 44.2 Å². The van der Waals surface area contributed by atoms with Crippen molar-refractivity contribution in [2.45, 2.75) is 6.29 Å². The summed E-state index contributed by atoms with van der Waals surface area (Å²) < 4.78 is 4.45. The minimum atomic E-state index is -0.466. The maximum Gasteiger partial charge on any atom is 0.237 e. The highest BCUT2D eigenvalue weighted by Crippen LogP contribution is 2.42. The van der Waals surface area contributed by atoms with Crippen molar-refractivity contribution >= 4 is 87.5 Å². The van der Waals surface area contributed by atoms with Gasteiger partial charge in [-0.15, -0.1) is 11.3 Å². The molecule has 53 heavy (non-hydrogen) atoms. The van der Waals surface area contributed by atoms with E-state index in [0.717, 1.165) is 60.5 Å². The number of aliphatic imine (C=N–C) groups is 1. The number of anilines is 3. The minimum absolute atomic E-state index is 0.466. The first-order valence-corrected chi connectivity index (χ1v) is 18.5. The molecule has 0 aliphatic carbocycles. The van der Waals surface area contributed by atoms with Gasteiger partial charge in [-0.25, -0.2) is 15.0 Å². The molecule has 0 spiro atoms. The first-order chi connectivity index (χ1) is 26.3. The fourth-order valence-corrected chi connectivity index (χ4v) is 8.89. The van der Waals surface area contributed by atoms with E-state index in [1.807, 2.05) is 12.3 Å². The molecule has 0 bridgehead atoms. The van der Waals surface area contributed by atoms with Crippen molar-refractivity contribution in [3.63, 3.8) is 0 Å². The summed E-state index contributed by atoms with van der Waals surface area (Å²) in [5, 5.41) is 10.8. The summed E-state index contributed by atoms with van der Waals surface area (Å²) in [6, 6.07) is 57.6. The number of fused-ring (bicyclic) bond motifs is 8. The zero-order valence-corrected chi connectivity index (χ0v) is 29.2. The molecule has 6 nitrogen and oxygen atoms in total. The molecule has 1 N–H and O–H groups in total. The van der Waals surface area contributed by atoms with Crippen molar-refractivity contribution in [3.05, 3.63) is 169 Å². The normalized spacial score (nSPS) is 13.9. The van der Waals surface area contributed by atoms with Crippen LogP contribution >= 0.6 is 11.3 Å². The molecule has 0 amide bonds. The largest absolute Gasteiger partial charge is 0.332 e. The topological polar surface area (TPSA) is 58.3 Å². The van der Waals surface area contributed by atoms with Gasteiger partial charge in [0.25, 0.3) is 0 Å². The predicted molar refractivity (Wildman–Crippen MR) is 222 cm³/mol. The van der Waals surface area contributed by atoms with Gasteiger partial charge in [0.1, 0.15) is 5.82 Å². The molecule has 1 aliphatic rings. The lowest BCUT2D eigenvalue weighted by Gasteiger charge is -2.34. The SMILES string of the molecule is C1=NC(N(c2ccc3ccccc3c2)c2ccc3ccccc3c2)Nc2c1c1ccccc1n2-c1nc(-c2ccccc2)c2sc3ccccc3c2n1. The number of benzene rings is 7. The zero-order valence-electron chi connectivity index (χ0n) is 28.4. The molecule has 10 aromatic rings. The number of nitrogens with zero attached hydrogens (tertiary/aromatic N) is 5. The van der Waals surface area contributed by atoms with Gasteiger partial charge in [-0.1, -0.05) is 127 Å². The van der Waals surface area contributed by atoms with E-state index in [9.17, 15) is 0 Å². The molecule has 0 saturated heterocycles. The van der Waals surface area contributed by atoms with Gasteiger partial charge in [0.15, 0.2) is 0 Å². The smallest absolute Gasteiger partial charge is 0.237 e. The highest BCUT2D eigenvalue weighted by molar-refractivity contribution is 7.26. The Labute approximate surface area is 308 Å². The second kappa shape index (κ2) is 11.9. The highest BCUT2D eigenvalue weighted by atomic mass is 32.1. The van der Waals surface area contributed by atoms with Crippen LogP contribution < -0.4 is 10.2 Å². The van der Waals surface area contributed by atoms with Crippen LogP contribution in [-0.4, -0.2) is 27.0 Å². The Morgan fingerprint density at radius 1 is 0.585 bits per heavy atom. The van der Waals surface area contributed by atoms with E-state index in [1.165, 1.54) is 26.2 Å². The quantitative estimate of drug-likeness (QED) is 0.194. The van der Waals surface area contributed by atoms with Gasteiger partial charge in [0.05, 0.1) is 21.4 Å². The average Bonchev–Trinajstić information content (AvgIpc) is 3.76. The monoisotopic (exact) mass is 698 g/mol. The first kappa shape index (κ1) is 29.9. The number of aromatic nitrogens is 3. The molecule has 0 radical (unpaired) electrons. The van der Waals surface area contributed by atoms with Crippen LogP contribution in [0.4, 0.5) is 17.2 Å². The van der Waals surface area contributed by atoms with Gasteiger partial charge in [-0.2, -0.15) is 0 Å². The fraction of sp³-hybridized carbons (Fsp3) is 0.0217. The number of para-hydroxylation sites is 1. The van der Waals surface area contributed by atoms with Gasteiger partial charge < -0.3 is 10.2 Å². The second-order valence-electron chi connectivity index (χ2n) is 13.4. The molecule has 1 aliphatic heterocycles. The van der Waals surface area contributed by atoms with Crippen LogP contribution in [0.2, 0.25) is 0 Å². The lowest BCUT2D eigenvalue weighted by molar-refractivity contribution is 0.756. The maximum atomic E-state index is 5.39. The Morgan fingerprint density at radius 2 is 1.21 bits per heavy atom. The number of hydrogen-bond acceptors (Lipinski definition) is 6. The molecule has 0 saturated carbocycles. The average molecular weight is 699 g/mol. The third kappa shape index (κ3) is 4.82. The Morgan fingerprint density at radius 3 is 1.94 bits per heavy atom. The third-order valence-corrected chi connectivity index (χ3v) is 11.4. The summed E-state index contributed by atoms with van der Waals surface area (Å²) in [6.07, 6.45) is 1.55. The molecule has 3 aromatic heterocycles. The number of hydrogen-bond donors (Lipinski definition) is 1. The van der Waals surface area contributed by atoms with Crippen LogP contribution in [-0.2, 0) is 0 Å². The van der Waals surface area contributed by atoms with Crippen LogP contribution in [0.3, 0.4) is 0 Å². The van der Waals surface area contributed by atoms with Crippen molar-refractivity contribution in [2.24, 2.45) is 4.99 Å². The van der Waals surface area contributed by atoms with E-state index >= 15 is 0 Å². The van der Waals surface area contributed by atoms with E-state index in [1.54, 1.807) is 11.3 Å². The van der Waals surface area contributed by atoms with Crippen molar-refractivity contribution in [3.8, 4) is 17.2 Å². The Hall–Kier alpha value is -6.83. The number of thiophene rings is 1. The van der Waals surface area contributed by atoms with Gasteiger partial charge in [0.2, 0.25) is 12.2 Å². The lowest BCUT2D eigenvalue weighted by atomic mass is 10.1. The van der Waals surface area contributed by atoms with Crippen molar-refractivity contribution in [1.82, 2.24) is 14.5 Å². The standard InChI is InChI=1S/C46H30N6S/c1-2-14-31(15-3-1)41-43-42(37-19-9-11-21-40(37)53-43)49-46(48-41)52-39-20-10-8-18-36(39)38-28-47-45(50-44(38)52)51(34-24-22-29-12-4-6-16-32(29)26-34)35-25-23-30-13-5-7-17-33(30)27-35/h1-28,45,50H. The fourth-order valence-electron chi connectivity index (χ4n) is 7.74. The first-order valence-electron chi connectivity index (χ1n) is 17.7. The molecule has 250 valence electrons. The molecule has 1 atom stereocenters. The Kier molecular flexibility index (Phi) is 6.69. The van der Waals surface area contributed by atoms with Crippen molar-refractivity contribution in [2.75, 3.05) is 10.2 Å². The van der Waals surface area contributed by atoms with E-state index in [2.05, 4.69) is 173 Å². The van der Waals surface area contributed by atoms with Crippen LogP contribution in [0.1, 0.15) is 5.56 Å². The number of nitrogens with one attached hydrogen (secondary N) is 1. The molecule has 11 rings (SSSR count). The Balaban J connectivity index is 1.13. The summed E-state index contributed by atoms with van der Waals surface area (Å²) in [7, 11) is 0. The maximum absolute atomic E-state index is 5.39. The molecule has 4 heterocycles. The summed E-state index contributed by atoms with van der Waals surface area (Å²) in [6.45, 7) is 0.